The lowest BCUT2D eigenvalue weighted by Gasteiger charge is -2.33. The van der Waals surface area contributed by atoms with Crippen LogP contribution in [-0.2, 0) is 33.9 Å². The number of β-amino-alcohol motifs (C(OH)–C–C–N with tert-alkyl or cyclic N) is 1. The molecule has 6 atom stereocenters. The molecule has 0 spiro atoms. The number of hydrogen-bond acceptors (Lipinski definition) is 9. The number of unbranched alkanes of at least 4 members (excludes halogenated alkanes) is 2. The molecular weight excluding hydrogens is 592 g/mol. The summed E-state index contributed by atoms with van der Waals surface area (Å²) in [5, 5.41) is 15.3. The van der Waals surface area contributed by atoms with Gasteiger partial charge in [-0.1, -0.05) is 18.6 Å². The first-order valence-electron chi connectivity index (χ1n) is 15.2. The van der Waals surface area contributed by atoms with E-state index in [1.165, 1.54) is 18.1 Å². The van der Waals surface area contributed by atoms with E-state index in [9.17, 15) is 32.7 Å². The predicted molar refractivity (Wildman–Crippen MR) is 163 cm³/mol. The Morgan fingerprint density at radius 1 is 1.16 bits per heavy atom. The van der Waals surface area contributed by atoms with E-state index in [4.69, 9.17) is 9.47 Å². The molecule has 4 N–H and O–H groups in total. The molecule has 44 heavy (non-hydrogen) atoms. The molecule has 3 rings (SSSR count). The number of aliphatic hydroxyl groups is 1. The van der Waals surface area contributed by atoms with E-state index in [-0.39, 0.29) is 26.0 Å². The number of likely N-dealkylation sites (tertiary alicyclic amines) is 1. The number of carbonyl (C=O) groups is 4. The molecule has 3 fully saturated rings. The average molecular weight is 641 g/mol. The molecule has 2 saturated carbocycles. The van der Waals surface area contributed by atoms with Crippen LogP contribution >= 0.6 is 0 Å². The molecule has 4 amide bonds. The lowest BCUT2D eigenvalue weighted by molar-refractivity contribution is -0.142. The fourth-order valence-electron chi connectivity index (χ4n) is 5.57. The molecule has 0 aromatic rings. The second kappa shape index (κ2) is 14.4. The summed E-state index contributed by atoms with van der Waals surface area (Å²) < 4.78 is 37.9. The number of hydrogen-bond donors (Lipinski definition) is 4. The molecule has 0 unspecified atom stereocenters. The summed E-state index contributed by atoms with van der Waals surface area (Å²) in [5.74, 6) is -3.18. The van der Waals surface area contributed by atoms with Gasteiger partial charge in [-0.3, -0.25) is 19.1 Å². The maximum absolute atomic E-state index is 14.1. The summed E-state index contributed by atoms with van der Waals surface area (Å²) in [6, 6.07) is -2.32. The second-order valence-corrected chi connectivity index (χ2v) is 15.0. The molecule has 1 heterocycles. The molecule has 1 aliphatic heterocycles. The standard InChI is InChI=1S/C30H48N4O9S/c1-7-9-10-11-12-19(18-42-6)24(31-28(39)43-29(3,4)5)26(37)34-17-21(35)15-23(34)25(36)32-30(16-20(30)8-2)27(38)33-44(40,41)22-13-14-22/h7-8,19-24,35H,1-2,9-18H2,3-6H3,(H,31,39)(H,32,36)(H,33,38)/t19-,20+,21+,23-,24-,30+/m0/s1. The van der Waals surface area contributed by atoms with Crippen LogP contribution in [0.5, 0.6) is 0 Å². The summed E-state index contributed by atoms with van der Waals surface area (Å²) in [5.41, 5.74) is -2.38. The van der Waals surface area contributed by atoms with E-state index in [0.717, 1.165) is 19.3 Å². The monoisotopic (exact) mass is 640 g/mol. The topological polar surface area (TPSA) is 180 Å². The van der Waals surface area contributed by atoms with Gasteiger partial charge in [0.15, 0.2) is 0 Å². The van der Waals surface area contributed by atoms with Gasteiger partial charge in [0, 0.05) is 31.9 Å². The Morgan fingerprint density at radius 3 is 2.39 bits per heavy atom. The molecular formula is C30H48N4O9S. The Morgan fingerprint density at radius 2 is 1.84 bits per heavy atom. The number of nitrogens with zero attached hydrogens (tertiary/aromatic N) is 1. The Balaban J connectivity index is 1.84. The molecule has 13 nitrogen and oxygen atoms in total. The minimum atomic E-state index is -3.87. The molecule has 1 saturated heterocycles. The van der Waals surface area contributed by atoms with Gasteiger partial charge in [0.2, 0.25) is 21.8 Å². The lowest BCUT2D eigenvalue weighted by Crippen LogP contribution is -2.59. The number of nitrogens with one attached hydrogen (secondary N) is 3. The molecule has 3 aliphatic rings. The van der Waals surface area contributed by atoms with Gasteiger partial charge < -0.3 is 30.1 Å². The maximum atomic E-state index is 14.1. The highest BCUT2D eigenvalue weighted by Gasteiger charge is 2.62. The van der Waals surface area contributed by atoms with Crippen LogP contribution in [0.3, 0.4) is 0 Å². The molecule has 0 aromatic heterocycles. The summed E-state index contributed by atoms with van der Waals surface area (Å²) >= 11 is 0. The van der Waals surface area contributed by atoms with Gasteiger partial charge in [-0.15, -0.1) is 13.2 Å². The van der Waals surface area contributed by atoms with E-state index in [2.05, 4.69) is 28.5 Å². The van der Waals surface area contributed by atoms with Crippen LogP contribution in [0.25, 0.3) is 0 Å². The molecule has 14 heteroatoms. The Labute approximate surface area is 260 Å². The van der Waals surface area contributed by atoms with Crippen molar-refractivity contribution in [3.8, 4) is 0 Å². The Kier molecular flexibility index (Phi) is 11.6. The number of allylic oxidation sites excluding steroid dienone is 1. The van der Waals surface area contributed by atoms with Crippen molar-refractivity contribution < 1.29 is 42.2 Å². The zero-order valence-electron chi connectivity index (χ0n) is 26.2. The minimum absolute atomic E-state index is 0.109. The first-order valence-corrected chi connectivity index (χ1v) is 16.7. The Hall–Kier alpha value is -2.97. The van der Waals surface area contributed by atoms with Crippen LogP contribution < -0.4 is 15.4 Å². The van der Waals surface area contributed by atoms with Crippen LogP contribution in [0.2, 0.25) is 0 Å². The third-order valence-electron chi connectivity index (χ3n) is 8.14. The summed E-state index contributed by atoms with van der Waals surface area (Å²) in [4.78, 5) is 55.1. The van der Waals surface area contributed by atoms with Crippen molar-refractivity contribution in [1.29, 1.82) is 0 Å². The fraction of sp³-hybridized carbons (Fsp3) is 0.733. The lowest BCUT2D eigenvalue weighted by atomic mass is 9.92. The highest BCUT2D eigenvalue weighted by Crippen LogP contribution is 2.45. The highest BCUT2D eigenvalue weighted by molar-refractivity contribution is 7.91. The quantitative estimate of drug-likeness (QED) is 0.144. The highest BCUT2D eigenvalue weighted by atomic mass is 32.2. The largest absolute Gasteiger partial charge is 0.444 e. The minimum Gasteiger partial charge on any atom is -0.444 e. The van der Waals surface area contributed by atoms with Crippen molar-refractivity contribution in [2.45, 2.75) is 107 Å². The predicted octanol–water partition coefficient (Wildman–Crippen LogP) is 1.52. The molecule has 0 aromatic carbocycles. The molecule has 248 valence electrons. The van der Waals surface area contributed by atoms with E-state index >= 15 is 0 Å². The van der Waals surface area contributed by atoms with Crippen LogP contribution in [-0.4, -0.2) is 97.1 Å². The van der Waals surface area contributed by atoms with Gasteiger partial charge in [0.05, 0.1) is 18.0 Å². The van der Waals surface area contributed by atoms with Crippen LogP contribution in [0, 0.1) is 11.8 Å². The van der Waals surface area contributed by atoms with Gasteiger partial charge >= 0.3 is 6.09 Å². The van der Waals surface area contributed by atoms with Crippen LogP contribution in [0.1, 0.15) is 72.1 Å². The normalized spacial score (nSPS) is 26.2. The SMILES string of the molecule is C=CCCCC[C@@H](COC)[C@H](NC(=O)OC(C)(C)C)C(=O)N1C[C@H](O)C[C@H]1C(=O)N[C@]1(C(=O)NS(=O)(=O)C2CC2)C[C@H]1C=C. The number of ether oxygens (including phenoxy) is 2. The molecule has 0 radical (unpaired) electrons. The van der Waals surface area contributed by atoms with Gasteiger partial charge in [-0.25, -0.2) is 13.2 Å². The van der Waals surface area contributed by atoms with Crippen molar-refractivity contribution in [3.05, 3.63) is 25.3 Å². The van der Waals surface area contributed by atoms with E-state index in [0.29, 0.717) is 19.3 Å². The first-order chi connectivity index (χ1) is 20.6. The number of amides is 4. The van der Waals surface area contributed by atoms with Crippen molar-refractivity contribution in [1.82, 2.24) is 20.3 Å². The maximum Gasteiger partial charge on any atom is 0.408 e. The zero-order valence-corrected chi connectivity index (χ0v) is 27.0. The summed E-state index contributed by atoms with van der Waals surface area (Å²) in [6.07, 6.45) is 5.19. The van der Waals surface area contributed by atoms with Crippen molar-refractivity contribution in [2.24, 2.45) is 11.8 Å². The third-order valence-corrected chi connectivity index (χ3v) is 9.96. The van der Waals surface area contributed by atoms with Crippen LogP contribution in [0.4, 0.5) is 4.79 Å². The smallest absolute Gasteiger partial charge is 0.408 e. The number of rotatable bonds is 16. The van der Waals surface area contributed by atoms with E-state index < -0.39 is 80.3 Å². The third kappa shape index (κ3) is 9.04. The van der Waals surface area contributed by atoms with Crippen molar-refractivity contribution in [3.63, 3.8) is 0 Å². The average Bonchev–Trinajstić information content (AvgIpc) is 3.85. The Bertz CT molecular complexity index is 1210. The van der Waals surface area contributed by atoms with Crippen LogP contribution in [0.15, 0.2) is 25.3 Å². The molecule has 0 bridgehead atoms. The van der Waals surface area contributed by atoms with E-state index in [1.807, 2.05) is 0 Å². The summed E-state index contributed by atoms with van der Waals surface area (Å²) in [6.45, 7) is 12.5. The number of methoxy groups -OCH3 is 1. The summed E-state index contributed by atoms with van der Waals surface area (Å²) in [7, 11) is -2.38. The number of alkyl carbamates (subject to hydrolysis) is 1. The first kappa shape index (κ1) is 35.5. The van der Waals surface area contributed by atoms with Crippen molar-refractivity contribution >= 4 is 33.8 Å². The fourth-order valence-corrected chi connectivity index (χ4v) is 6.94. The van der Waals surface area contributed by atoms with Gasteiger partial charge in [0.1, 0.15) is 23.2 Å². The zero-order chi connectivity index (χ0) is 32.9. The second-order valence-electron chi connectivity index (χ2n) is 13.0. The van der Waals surface area contributed by atoms with Gasteiger partial charge in [0.25, 0.3) is 5.91 Å². The number of sulfonamides is 1. The van der Waals surface area contributed by atoms with Gasteiger partial charge in [-0.2, -0.15) is 0 Å². The number of carbonyl (C=O) groups excluding carboxylic acids is 4. The molecule has 2 aliphatic carbocycles. The van der Waals surface area contributed by atoms with E-state index in [1.54, 1.807) is 26.8 Å². The van der Waals surface area contributed by atoms with Gasteiger partial charge in [-0.05, 0) is 59.3 Å². The number of aliphatic hydroxyl groups excluding tert-OH is 1. The van der Waals surface area contributed by atoms with Crippen molar-refractivity contribution in [2.75, 3.05) is 20.3 Å².